The van der Waals surface area contributed by atoms with E-state index in [4.69, 9.17) is 11.6 Å². The van der Waals surface area contributed by atoms with Crippen LogP contribution in [0.4, 0.5) is 0 Å². The van der Waals surface area contributed by atoms with Crippen LogP contribution in [0.15, 0.2) is 6.07 Å². The van der Waals surface area contributed by atoms with E-state index in [-0.39, 0.29) is 5.41 Å². The van der Waals surface area contributed by atoms with Crippen LogP contribution in [0, 0.1) is 12.3 Å². The lowest BCUT2D eigenvalue weighted by molar-refractivity contribution is 0.327. The van der Waals surface area contributed by atoms with Crippen LogP contribution < -0.4 is 5.32 Å². The number of aromatic nitrogens is 2. The highest BCUT2D eigenvalue weighted by Gasteiger charge is 2.16. The van der Waals surface area contributed by atoms with Crippen LogP contribution >= 0.6 is 11.6 Å². The largest absolute Gasteiger partial charge is 0.311 e. The minimum Gasteiger partial charge on any atom is -0.311 e. The van der Waals surface area contributed by atoms with Crippen molar-refractivity contribution in [3.05, 3.63) is 17.5 Å². The van der Waals surface area contributed by atoms with Gasteiger partial charge in [0.25, 0.3) is 0 Å². The van der Waals surface area contributed by atoms with Gasteiger partial charge >= 0.3 is 0 Å². The van der Waals surface area contributed by atoms with Gasteiger partial charge in [-0.25, -0.2) is 0 Å². The van der Waals surface area contributed by atoms with Gasteiger partial charge in [0.05, 0.1) is 11.4 Å². The van der Waals surface area contributed by atoms with Crippen LogP contribution in [-0.4, -0.2) is 22.2 Å². The predicted octanol–water partition coefficient (Wildman–Crippen LogP) is 2.96. The molecule has 0 aliphatic rings. The fraction of sp³-hybridized carbons (Fsp3) is 0.769. The molecular formula is C13H24ClN3. The molecule has 3 nitrogen and oxygen atoms in total. The molecule has 1 rings (SSSR count). The van der Waals surface area contributed by atoms with Gasteiger partial charge in [0.1, 0.15) is 0 Å². The predicted molar refractivity (Wildman–Crippen MR) is 73.5 cm³/mol. The smallest absolute Gasteiger partial charge is 0.0597 e. The Labute approximate surface area is 110 Å². The maximum atomic E-state index is 5.79. The molecule has 1 heterocycles. The molecular weight excluding hydrogens is 234 g/mol. The number of hydrogen-bond acceptors (Lipinski definition) is 2. The summed E-state index contributed by atoms with van der Waals surface area (Å²) in [5, 5.41) is 7.93. The third-order valence-corrected chi connectivity index (χ3v) is 3.15. The minimum absolute atomic E-state index is 0.258. The number of alkyl halides is 1. The molecule has 0 radical (unpaired) electrons. The lowest BCUT2D eigenvalue weighted by Gasteiger charge is -2.23. The van der Waals surface area contributed by atoms with Crippen molar-refractivity contribution in [3.8, 4) is 0 Å². The van der Waals surface area contributed by atoms with E-state index in [2.05, 4.69) is 41.9 Å². The first-order valence-corrected chi connectivity index (χ1v) is 6.82. The Bertz CT molecular complexity index is 344. The van der Waals surface area contributed by atoms with E-state index in [0.29, 0.717) is 0 Å². The van der Waals surface area contributed by atoms with Gasteiger partial charge in [-0.05, 0) is 31.7 Å². The maximum Gasteiger partial charge on any atom is 0.0597 e. The van der Waals surface area contributed by atoms with Gasteiger partial charge in [-0.15, -0.1) is 11.6 Å². The topological polar surface area (TPSA) is 29.9 Å². The van der Waals surface area contributed by atoms with Crippen molar-refractivity contribution in [2.24, 2.45) is 5.41 Å². The van der Waals surface area contributed by atoms with Gasteiger partial charge < -0.3 is 5.32 Å². The molecule has 0 aliphatic heterocycles. The molecule has 17 heavy (non-hydrogen) atoms. The Morgan fingerprint density at radius 3 is 2.76 bits per heavy atom. The molecule has 1 aromatic rings. The van der Waals surface area contributed by atoms with Crippen LogP contribution in [-0.2, 0) is 13.1 Å². The second-order valence-electron chi connectivity index (χ2n) is 5.30. The molecule has 1 aromatic heterocycles. The second-order valence-corrected chi connectivity index (χ2v) is 5.68. The van der Waals surface area contributed by atoms with Gasteiger partial charge in [-0.1, -0.05) is 13.8 Å². The Hall–Kier alpha value is -0.540. The third kappa shape index (κ3) is 4.68. The SMILES string of the molecule is CCn1nc(C)cc1CNCC(C)(C)CCCl. The lowest BCUT2D eigenvalue weighted by Crippen LogP contribution is -2.30. The van der Waals surface area contributed by atoms with E-state index in [1.807, 2.05) is 6.92 Å². The molecule has 0 fully saturated rings. The zero-order chi connectivity index (χ0) is 12.9. The molecule has 0 unspecified atom stereocenters. The molecule has 98 valence electrons. The average molecular weight is 258 g/mol. The summed E-state index contributed by atoms with van der Waals surface area (Å²) in [6, 6.07) is 2.14. The van der Waals surface area contributed by atoms with Gasteiger partial charge in [-0.3, -0.25) is 4.68 Å². The zero-order valence-electron chi connectivity index (χ0n) is 11.4. The first kappa shape index (κ1) is 14.5. The Kier molecular flexibility index (Phi) is 5.47. The molecule has 0 bridgehead atoms. The van der Waals surface area contributed by atoms with Crippen LogP contribution in [0.1, 0.15) is 38.6 Å². The number of halogens is 1. The van der Waals surface area contributed by atoms with Gasteiger partial charge in [-0.2, -0.15) is 5.10 Å². The van der Waals surface area contributed by atoms with Gasteiger partial charge in [0.2, 0.25) is 0 Å². The molecule has 1 N–H and O–H groups in total. The summed E-state index contributed by atoms with van der Waals surface area (Å²) in [6.07, 6.45) is 1.04. The molecule has 0 saturated heterocycles. The van der Waals surface area contributed by atoms with Crippen molar-refractivity contribution in [2.75, 3.05) is 12.4 Å². The highest BCUT2D eigenvalue weighted by molar-refractivity contribution is 6.17. The highest BCUT2D eigenvalue weighted by atomic mass is 35.5. The monoisotopic (exact) mass is 257 g/mol. The Balaban J connectivity index is 2.45. The molecule has 0 aliphatic carbocycles. The van der Waals surface area contributed by atoms with Crippen LogP contribution in [0.25, 0.3) is 0 Å². The van der Waals surface area contributed by atoms with Crippen molar-refractivity contribution in [3.63, 3.8) is 0 Å². The normalized spacial score (nSPS) is 12.1. The molecule has 0 atom stereocenters. The van der Waals surface area contributed by atoms with Gasteiger partial charge in [0, 0.05) is 25.5 Å². The van der Waals surface area contributed by atoms with Crippen LogP contribution in [0.3, 0.4) is 0 Å². The maximum absolute atomic E-state index is 5.79. The van der Waals surface area contributed by atoms with Crippen LogP contribution in [0.5, 0.6) is 0 Å². The number of nitrogens with one attached hydrogen (secondary N) is 1. The summed E-state index contributed by atoms with van der Waals surface area (Å²) >= 11 is 5.79. The molecule has 4 heteroatoms. The Morgan fingerprint density at radius 1 is 1.47 bits per heavy atom. The van der Waals surface area contributed by atoms with Crippen molar-refractivity contribution in [1.82, 2.24) is 15.1 Å². The van der Waals surface area contributed by atoms with E-state index in [1.54, 1.807) is 0 Å². The quantitative estimate of drug-likeness (QED) is 0.762. The van der Waals surface area contributed by atoms with E-state index in [0.717, 1.165) is 37.6 Å². The van der Waals surface area contributed by atoms with Gasteiger partial charge in [0.15, 0.2) is 0 Å². The van der Waals surface area contributed by atoms with Crippen molar-refractivity contribution < 1.29 is 0 Å². The number of aryl methyl sites for hydroxylation is 2. The molecule has 0 amide bonds. The second kappa shape index (κ2) is 6.41. The van der Waals surface area contributed by atoms with Crippen molar-refractivity contribution >= 4 is 11.6 Å². The van der Waals surface area contributed by atoms with E-state index >= 15 is 0 Å². The number of nitrogens with zero attached hydrogens (tertiary/aromatic N) is 2. The highest BCUT2D eigenvalue weighted by Crippen LogP contribution is 2.19. The number of hydrogen-bond donors (Lipinski definition) is 1. The summed E-state index contributed by atoms with van der Waals surface area (Å²) in [7, 11) is 0. The summed E-state index contributed by atoms with van der Waals surface area (Å²) in [5.74, 6) is 0.723. The lowest BCUT2D eigenvalue weighted by atomic mass is 9.90. The summed E-state index contributed by atoms with van der Waals surface area (Å²) in [5.41, 5.74) is 2.60. The first-order valence-electron chi connectivity index (χ1n) is 6.28. The molecule has 0 aromatic carbocycles. The number of rotatable bonds is 7. The van der Waals surface area contributed by atoms with E-state index < -0.39 is 0 Å². The summed E-state index contributed by atoms with van der Waals surface area (Å²) in [4.78, 5) is 0. The third-order valence-electron chi connectivity index (χ3n) is 2.97. The van der Waals surface area contributed by atoms with E-state index in [9.17, 15) is 0 Å². The zero-order valence-corrected chi connectivity index (χ0v) is 12.1. The fourth-order valence-corrected chi connectivity index (χ4v) is 2.40. The summed E-state index contributed by atoms with van der Waals surface area (Å²) < 4.78 is 2.05. The van der Waals surface area contributed by atoms with Crippen molar-refractivity contribution in [1.29, 1.82) is 0 Å². The van der Waals surface area contributed by atoms with Crippen LogP contribution in [0.2, 0.25) is 0 Å². The molecule has 0 spiro atoms. The standard InChI is InChI=1S/C13H24ClN3/c1-5-17-12(8-11(2)16-17)9-15-10-13(3,4)6-7-14/h8,15H,5-7,9-10H2,1-4H3. The van der Waals surface area contributed by atoms with E-state index in [1.165, 1.54) is 5.69 Å². The molecule has 0 saturated carbocycles. The average Bonchev–Trinajstić information content (AvgIpc) is 2.58. The fourth-order valence-electron chi connectivity index (χ4n) is 1.89. The summed E-state index contributed by atoms with van der Waals surface area (Å²) in [6.45, 7) is 11.4. The van der Waals surface area contributed by atoms with Crippen molar-refractivity contribution in [2.45, 2.75) is 47.2 Å². The first-order chi connectivity index (χ1) is 7.98. The minimum atomic E-state index is 0.258. The Morgan fingerprint density at radius 2 is 2.18 bits per heavy atom.